The highest BCUT2D eigenvalue weighted by Crippen LogP contribution is 2.23. The molecular weight excluding hydrogens is 357 g/mol. The standard InChI is InChI=1S/C17H15F3O2S2/c1-23-14-6-2-12(3-7-14)10-13-4-8-15(9-5-13)24-11-22-16(21)17(18,19)20/h2-9H,10-11H2,1H3. The molecule has 2 rings (SSSR count). The Hall–Kier alpha value is -1.60. The summed E-state index contributed by atoms with van der Waals surface area (Å²) in [6.07, 6.45) is -2.14. The molecule has 0 radical (unpaired) electrons. The first-order valence-electron chi connectivity index (χ1n) is 6.97. The van der Waals surface area contributed by atoms with E-state index in [-0.39, 0.29) is 5.94 Å². The summed E-state index contributed by atoms with van der Waals surface area (Å²) in [5, 5.41) is 0. The molecule has 7 heteroatoms. The first-order valence-corrected chi connectivity index (χ1v) is 9.18. The molecule has 0 fully saturated rings. The molecular formula is C17H15F3O2S2. The summed E-state index contributed by atoms with van der Waals surface area (Å²) in [4.78, 5) is 12.5. The molecule has 0 aliphatic heterocycles. The Balaban J connectivity index is 1.85. The van der Waals surface area contributed by atoms with E-state index >= 15 is 0 Å². The van der Waals surface area contributed by atoms with Crippen LogP contribution in [0, 0.1) is 0 Å². The fraction of sp³-hybridized carbons (Fsp3) is 0.235. The maximum Gasteiger partial charge on any atom is 0.490 e. The molecule has 2 nitrogen and oxygen atoms in total. The first-order chi connectivity index (χ1) is 11.4. The van der Waals surface area contributed by atoms with Crippen molar-refractivity contribution < 1.29 is 22.7 Å². The molecule has 0 atom stereocenters. The van der Waals surface area contributed by atoms with Crippen molar-refractivity contribution in [3.63, 3.8) is 0 Å². The number of hydrogen-bond acceptors (Lipinski definition) is 4. The second-order valence-corrected chi connectivity index (χ2v) is 6.74. The van der Waals surface area contributed by atoms with E-state index in [1.165, 1.54) is 10.5 Å². The number of alkyl halides is 3. The predicted molar refractivity (Wildman–Crippen MR) is 90.3 cm³/mol. The Labute approximate surface area is 146 Å². The average molecular weight is 372 g/mol. The Morgan fingerprint density at radius 2 is 1.46 bits per heavy atom. The van der Waals surface area contributed by atoms with E-state index in [0.717, 1.165) is 28.6 Å². The SMILES string of the molecule is CSc1ccc(Cc2ccc(SCOC(=O)C(F)(F)F)cc2)cc1. The minimum Gasteiger partial charge on any atom is -0.448 e. The van der Waals surface area contributed by atoms with Crippen molar-refractivity contribution in [2.75, 3.05) is 12.2 Å². The summed E-state index contributed by atoms with van der Waals surface area (Å²) >= 11 is 2.73. The van der Waals surface area contributed by atoms with Crippen molar-refractivity contribution in [1.29, 1.82) is 0 Å². The predicted octanol–water partition coefficient (Wildman–Crippen LogP) is 5.15. The number of rotatable bonds is 6. The van der Waals surface area contributed by atoms with Gasteiger partial charge in [0.1, 0.15) is 5.94 Å². The molecule has 0 bridgehead atoms. The van der Waals surface area contributed by atoms with Crippen LogP contribution in [0.4, 0.5) is 13.2 Å². The lowest BCUT2D eigenvalue weighted by molar-refractivity contribution is -0.197. The van der Waals surface area contributed by atoms with Crippen molar-refractivity contribution in [2.45, 2.75) is 22.4 Å². The molecule has 0 aliphatic rings. The van der Waals surface area contributed by atoms with Gasteiger partial charge in [0, 0.05) is 9.79 Å². The van der Waals surface area contributed by atoms with E-state index in [4.69, 9.17) is 0 Å². The Morgan fingerprint density at radius 1 is 0.958 bits per heavy atom. The number of benzene rings is 2. The minimum absolute atomic E-state index is 0.367. The topological polar surface area (TPSA) is 26.3 Å². The van der Waals surface area contributed by atoms with Gasteiger partial charge in [0.25, 0.3) is 0 Å². The van der Waals surface area contributed by atoms with Crippen LogP contribution in [0.1, 0.15) is 11.1 Å². The van der Waals surface area contributed by atoms with Gasteiger partial charge in [-0.1, -0.05) is 36.0 Å². The molecule has 0 aromatic heterocycles. The van der Waals surface area contributed by atoms with Crippen LogP contribution in [0.2, 0.25) is 0 Å². The van der Waals surface area contributed by atoms with Crippen molar-refractivity contribution in [2.24, 2.45) is 0 Å². The summed E-state index contributed by atoms with van der Waals surface area (Å²) in [5.74, 6) is -2.53. The smallest absolute Gasteiger partial charge is 0.448 e. The maximum absolute atomic E-state index is 12.0. The van der Waals surface area contributed by atoms with E-state index in [1.54, 1.807) is 23.9 Å². The van der Waals surface area contributed by atoms with E-state index in [2.05, 4.69) is 29.0 Å². The zero-order chi connectivity index (χ0) is 17.6. The Bertz CT molecular complexity index is 668. The van der Waals surface area contributed by atoms with E-state index in [1.807, 2.05) is 18.4 Å². The first kappa shape index (κ1) is 18.7. The number of ether oxygens (including phenoxy) is 1. The van der Waals surface area contributed by atoms with Crippen LogP contribution >= 0.6 is 23.5 Å². The van der Waals surface area contributed by atoms with Gasteiger partial charge in [0.15, 0.2) is 0 Å². The molecule has 0 aliphatic carbocycles. The van der Waals surface area contributed by atoms with Gasteiger partial charge >= 0.3 is 12.1 Å². The monoisotopic (exact) mass is 372 g/mol. The molecule has 2 aromatic rings. The largest absolute Gasteiger partial charge is 0.490 e. The van der Waals surface area contributed by atoms with E-state index in [0.29, 0.717) is 0 Å². The highest BCUT2D eigenvalue weighted by atomic mass is 32.2. The van der Waals surface area contributed by atoms with Gasteiger partial charge in [-0.2, -0.15) is 13.2 Å². The van der Waals surface area contributed by atoms with Crippen LogP contribution in [0.3, 0.4) is 0 Å². The number of carbonyl (C=O) groups excluding carboxylic acids is 1. The number of halogens is 3. The molecule has 0 spiro atoms. The zero-order valence-corrected chi connectivity index (χ0v) is 14.4. The normalized spacial score (nSPS) is 11.3. The van der Waals surface area contributed by atoms with Crippen LogP contribution in [0.25, 0.3) is 0 Å². The average Bonchev–Trinajstić information content (AvgIpc) is 2.56. The Morgan fingerprint density at radius 3 is 1.92 bits per heavy atom. The second-order valence-electron chi connectivity index (χ2n) is 4.86. The van der Waals surface area contributed by atoms with Gasteiger partial charge in [-0.15, -0.1) is 11.8 Å². The van der Waals surface area contributed by atoms with Crippen LogP contribution < -0.4 is 0 Å². The molecule has 0 N–H and O–H groups in total. The minimum atomic E-state index is -4.95. The quantitative estimate of drug-likeness (QED) is 0.398. The van der Waals surface area contributed by atoms with E-state index < -0.39 is 12.1 Å². The van der Waals surface area contributed by atoms with Crippen LogP contribution in [0.5, 0.6) is 0 Å². The summed E-state index contributed by atoms with van der Waals surface area (Å²) in [6, 6.07) is 15.7. The Kier molecular flexibility index (Phi) is 6.62. The van der Waals surface area contributed by atoms with E-state index in [9.17, 15) is 18.0 Å². The third kappa shape index (κ3) is 5.79. The van der Waals surface area contributed by atoms with Gasteiger partial charge in [-0.3, -0.25) is 0 Å². The summed E-state index contributed by atoms with van der Waals surface area (Å²) < 4.78 is 40.1. The molecule has 0 amide bonds. The van der Waals surface area contributed by atoms with Gasteiger partial charge in [-0.25, -0.2) is 4.79 Å². The van der Waals surface area contributed by atoms with Crippen molar-refractivity contribution in [1.82, 2.24) is 0 Å². The van der Waals surface area contributed by atoms with Crippen molar-refractivity contribution in [3.8, 4) is 0 Å². The van der Waals surface area contributed by atoms with Crippen molar-refractivity contribution in [3.05, 3.63) is 59.7 Å². The van der Waals surface area contributed by atoms with Gasteiger partial charge in [0.2, 0.25) is 0 Å². The van der Waals surface area contributed by atoms with Crippen LogP contribution in [-0.2, 0) is 16.0 Å². The highest BCUT2D eigenvalue weighted by Gasteiger charge is 2.40. The zero-order valence-electron chi connectivity index (χ0n) is 12.8. The molecule has 2 aromatic carbocycles. The van der Waals surface area contributed by atoms with Gasteiger partial charge in [-0.05, 0) is 48.1 Å². The molecule has 24 heavy (non-hydrogen) atoms. The number of carbonyl (C=O) groups is 1. The van der Waals surface area contributed by atoms with Crippen LogP contribution in [-0.4, -0.2) is 24.3 Å². The molecule has 0 saturated carbocycles. The maximum atomic E-state index is 12.0. The lowest BCUT2D eigenvalue weighted by atomic mass is 10.1. The fourth-order valence-electron chi connectivity index (χ4n) is 1.92. The van der Waals surface area contributed by atoms with Crippen LogP contribution in [0.15, 0.2) is 58.3 Å². The third-order valence-corrected chi connectivity index (χ3v) is 4.72. The van der Waals surface area contributed by atoms with Gasteiger partial charge in [0.05, 0.1) is 0 Å². The second kappa shape index (κ2) is 8.48. The molecule has 0 saturated heterocycles. The highest BCUT2D eigenvalue weighted by molar-refractivity contribution is 7.99. The fourth-order valence-corrected chi connectivity index (χ4v) is 2.95. The summed E-state index contributed by atoms with van der Waals surface area (Å²) in [7, 11) is 0. The lowest BCUT2D eigenvalue weighted by Gasteiger charge is -2.08. The summed E-state index contributed by atoms with van der Waals surface area (Å²) in [6.45, 7) is 0. The number of thioether (sulfide) groups is 2. The van der Waals surface area contributed by atoms with Gasteiger partial charge < -0.3 is 4.74 Å². The lowest BCUT2D eigenvalue weighted by Crippen LogP contribution is -2.25. The third-order valence-electron chi connectivity index (χ3n) is 3.14. The summed E-state index contributed by atoms with van der Waals surface area (Å²) in [5.41, 5.74) is 2.29. The molecule has 128 valence electrons. The number of hydrogen-bond donors (Lipinski definition) is 0. The van der Waals surface area contributed by atoms with Crippen molar-refractivity contribution >= 4 is 29.5 Å². The molecule has 0 unspecified atom stereocenters. The number of esters is 1. The molecule has 0 heterocycles.